The van der Waals surface area contributed by atoms with E-state index in [1.165, 1.54) is 0 Å². The number of rotatable bonds is 4. The number of hydrogen-bond acceptors (Lipinski definition) is 3. The van der Waals surface area contributed by atoms with Crippen molar-refractivity contribution in [1.29, 1.82) is 0 Å². The molecule has 2 aliphatic rings. The average molecular weight is 247 g/mol. The Bertz CT molecular complexity index is 496. The molecule has 1 unspecified atom stereocenters. The second-order valence-corrected chi connectivity index (χ2v) is 5.15. The third-order valence-corrected chi connectivity index (χ3v) is 3.94. The molecule has 1 aromatic carbocycles. The summed E-state index contributed by atoms with van der Waals surface area (Å²) in [4.78, 5) is 11.7. The molecule has 96 valence electrons. The van der Waals surface area contributed by atoms with Gasteiger partial charge in [-0.15, -0.1) is 0 Å². The Morgan fingerprint density at radius 1 is 1.50 bits per heavy atom. The standard InChI is InChI=1S/C14H17NO3/c1-18-11-5-2-9-6-7-14(13(16)17,12(9)8-11)15-10-3-4-10/h2,5,8,10,15H,3-4,6-7H2,1H3,(H,16,17). The number of carboxylic acid groups (broad SMARTS) is 1. The number of carboxylic acids is 1. The molecule has 0 heterocycles. The highest BCUT2D eigenvalue weighted by Gasteiger charge is 2.48. The number of aliphatic carboxylic acids is 1. The number of benzene rings is 1. The van der Waals surface area contributed by atoms with Crippen LogP contribution in [0.3, 0.4) is 0 Å². The van der Waals surface area contributed by atoms with E-state index in [-0.39, 0.29) is 0 Å². The van der Waals surface area contributed by atoms with Gasteiger partial charge in [0.05, 0.1) is 7.11 Å². The summed E-state index contributed by atoms with van der Waals surface area (Å²) in [6, 6.07) is 6.10. The molecule has 0 saturated heterocycles. The van der Waals surface area contributed by atoms with Gasteiger partial charge in [0.2, 0.25) is 0 Å². The average Bonchev–Trinajstić information content (AvgIpc) is 3.10. The van der Waals surface area contributed by atoms with E-state index < -0.39 is 11.5 Å². The van der Waals surface area contributed by atoms with Crippen LogP contribution in [0.15, 0.2) is 18.2 Å². The van der Waals surface area contributed by atoms with Gasteiger partial charge in [-0.3, -0.25) is 5.32 Å². The molecule has 0 aliphatic heterocycles. The van der Waals surface area contributed by atoms with Crippen LogP contribution in [0.4, 0.5) is 0 Å². The fourth-order valence-corrected chi connectivity index (χ4v) is 2.76. The third kappa shape index (κ3) is 1.68. The van der Waals surface area contributed by atoms with Crippen molar-refractivity contribution in [2.45, 2.75) is 37.3 Å². The van der Waals surface area contributed by atoms with Crippen molar-refractivity contribution in [2.24, 2.45) is 0 Å². The highest BCUT2D eigenvalue weighted by atomic mass is 16.5. The lowest BCUT2D eigenvalue weighted by atomic mass is 9.91. The molecule has 4 nitrogen and oxygen atoms in total. The summed E-state index contributed by atoms with van der Waals surface area (Å²) in [7, 11) is 1.60. The number of nitrogens with one attached hydrogen (secondary N) is 1. The van der Waals surface area contributed by atoms with Gasteiger partial charge in [-0.05, 0) is 48.9 Å². The Morgan fingerprint density at radius 3 is 2.89 bits per heavy atom. The van der Waals surface area contributed by atoms with Crippen molar-refractivity contribution in [2.75, 3.05) is 7.11 Å². The summed E-state index contributed by atoms with van der Waals surface area (Å²) in [5, 5.41) is 13.0. The zero-order chi connectivity index (χ0) is 12.8. The van der Waals surface area contributed by atoms with Crippen LogP contribution in [0.5, 0.6) is 5.75 Å². The molecule has 0 amide bonds. The monoisotopic (exact) mass is 247 g/mol. The first-order valence-electron chi connectivity index (χ1n) is 6.34. The van der Waals surface area contributed by atoms with Crippen molar-refractivity contribution in [3.05, 3.63) is 29.3 Å². The van der Waals surface area contributed by atoms with Crippen LogP contribution in [0.2, 0.25) is 0 Å². The molecule has 4 heteroatoms. The van der Waals surface area contributed by atoms with Crippen molar-refractivity contribution >= 4 is 5.97 Å². The molecule has 3 rings (SSSR count). The van der Waals surface area contributed by atoms with Crippen LogP contribution in [-0.2, 0) is 16.8 Å². The quantitative estimate of drug-likeness (QED) is 0.849. The topological polar surface area (TPSA) is 58.6 Å². The Hall–Kier alpha value is -1.55. The van der Waals surface area contributed by atoms with E-state index in [0.29, 0.717) is 12.5 Å². The first-order valence-corrected chi connectivity index (χ1v) is 6.34. The molecule has 0 spiro atoms. The molecule has 2 N–H and O–H groups in total. The zero-order valence-corrected chi connectivity index (χ0v) is 10.4. The highest BCUT2D eigenvalue weighted by Crippen LogP contribution is 2.41. The summed E-state index contributed by atoms with van der Waals surface area (Å²) in [5.74, 6) is -0.0553. The number of carbonyl (C=O) groups is 1. The first kappa shape index (κ1) is 11.5. The number of aryl methyl sites for hydroxylation is 1. The van der Waals surface area contributed by atoms with E-state index >= 15 is 0 Å². The van der Waals surface area contributed by atoms with Crippen LogP contribution in [0, 0.1) is 0 Å². The maximum atomic E-state index is 11.7. The lowest BCUT2D eigenvalue weighted by Gasteiger charge is -2.27. The Kier molecular flexibility index (Phi) is 2.55. The largest absolute Gasteiger partial charge is 0.497 e. The van der Waals surface area contributed by atoms with Gasteiger partial charge in [-0.1, -0.05) is 6.07 Å². The molecule has 0 aromatic heterocycles. The second-order valence-electron chi connectivity index (χ2n) is 5.15. The van der Waals surface area contributed by atoms with E-state index in [1.807, 2.05) is 18.2 Å². The zero-order valence-electron chi connectivity index (χ0n) is 10.4. The lowest BCUT2D eigenvalue weighted by molar-refractivity contribution is -0.145. The minimum Gasteiger partial charge on any atom is -0.497 e. The summed E-state index contributed by atoms with van der Waals surface area (Å²) in [6.45, 7) is 0. The van der Waals surface area contributed by atoms with Crippen molar-refractivity contribution in [3.8, 4) is 5.75 Å². The minimum absolute atomic E-state index is 0.359. The molecular weight excluding hydrogens is 230 g/mol. The Balaban J connectivity index is 2.05. The molecule has 2 aliphatic carbocycles. The van der Waals surface area contributed by atoms with E-state index in [2.05, 4.69) is 5.32 Å². The summed E-state index contributed by atoms with van der Waals surface area (Å²) >= 11 is 0. The van der Waals surface area contributed by atoms with Gasteiger partial charge in [0, 0.05) is 6.04 Å². The SMILES string of the molecule is COc1ccc2c(c1)C(NC1CC1)(C(=O)O)CC2. The molecule has 0 radical (unpaired) electrons. The van der Waals surface area contributed by atoms with Crippen LogP contribution in [-0.4, -0.2) is 24.2 Å². The molecule has 0 bridgehead atoms. The van der Waals surface area contributed by atoms with Crippen LogP contribution >= 0.6 is 0 Å². The number of ether oxygens (including phenoxy) is 1. The first-order chi connectivity index (χ1) is 8.65. The van der Waals surface area contributed by atoms with Gasteiger partial charge in [0.15, 0.2) is 0 Å². The van der Waals surface area contributed by atoms with Gasteiger partial charge in [0.25, 0.3) is 0 Å². The van der Waals surface area contributed by atoms with E-state index in [1.54, 1.807) is 7.11 Å². The van der Waals surface area contributed by atoms with Gasteiger partial charge < -0.3 is 9.84 Å². The van der Waals surface area contributed by atoms with Gasteiger partial charge in [-0.25, -0.2) is 4.79 Å². The minimum atomic E-state index is -0.912. The predicted octanol–water partition coefficient (Wildman–Crippen LogP) is 1.67. The molecule has 1 atom stereocenters. The Labute approximate surface area is 106 Å². The molecule has 1 fully saturated rings. The van der Waals surface area contributed by atoms with Gasteiger partial charge in [0.1, 0.15) is 11.3 Å². The lowest BCUT2D eigenvalue weighted by Crippen LogP contribution is -2.48. The maximum Gasteiger partial charge on any atom is 0.328 e. The summed E-state index contributed by atoms with van der Waals surface area (Å²) in [5.41, 5.74) is 1.08. The molecule has 18 heavy (non-hydrogen) atoms. The predicted molar refractivity (Wildman–Crippen MR) is 66.8 cm³/mol. The van der Waals surface area contributed by atoms with Crippen molar-refractivity contribution in [1.82, 2.24) is 5.32 Å². The molecular formula is C14H17NO3. The van der Waals surface area contributed by atoms with Gasteiger partial charge in [-0.2, -0.15) is 0 Å². The third-order valence-electron chi connectivity index (χ3n) is 3.94. The normalized spacial score (nSPS) is 25.8. The Morgan fingerprint density at radius 2 is 2.28 bits per heavy atom. The van der Waals surface area contributed by atoms with E-state index in [4.69, 9.17) is 4.74 Å². The van der Waals surface area contributed by atoms with E-state index in [0.717, 1.165) is 36.1 Å². The number of hydrogen-bond donors (Lipinski definition) is 2. The fraction of sp³-hybridized carbons (Fsp3) is 0.500. The maximum absolute atomic E-state index is 11.7. The van der Waals surface area contributed by atoms with Crippen LogP contribution in [0.1, 0.15) is 30.4 Å². The van der Waals surface area contributed by atoms with Crippen molar-refractivity contribution < 1.29 is 14.6 Å². The van der Waals surface area contributed by atoms with Crippen LogP contribution < -0.4 is 10.1 Å². The number of fused-ring (bicyclic) bond motifs is 1. The number of methoxy groups -OCH3 is 1. The van der Waals surface area contributed by atoms with E-state index in [9.17, 15) is 9.90 Å². The van der Waals surface area contributed by atoms with Gasteiger partial charge >= 0.3 is 5.97 Å². The summed E-state index contributed by atoms with van der Waals surface area (Å²) in [6.07, 6.45) is 3.59. The molecule has 1 aromatic rings. The van der Waals surface area contributed by atoms with Crippen LogP contribution in [0.25, 0.3) is 0 Å². The second kappa shape index (κ2) is 3.99. The summed E-state index contributed by atoms with van der Waals surface area (Å²) < 4.78 is 5.21. The molecule has 1 saturated carbocycles. The smallest absolute Gasteiger partial charge is 0.328 e. The fourth-order valence-electron chi connectivity index (χ4n) is 2.76. The highest BCUT2D eigenvalue weighted by molar-refractivity contribution is 5.83. The van der Waals surface area contributed by atoms with Crippen molar-refractivity contribution in [3.63, 3.8) is 0 Å².